The van der Waals surface area contributed by atoms with E-state index in [1.165, 1.54) is 12.8 Å². The van der Waals surface area contributed by atoms with Gasteiger partial charge in [0.25, 0.3) is 5.91 Å². The maximum Gasteiger partial charge on any atom is 0.255 e. The molecule has 1 aromatic carbocycles. The van der Waals surface area contributed by atoms with Crippen LogP contribution in [0.5, 0.6) is 0 Å². The van der Waals surface area contributed by atoms with Crippen molar-refractivity contribution >= 4 is 17.7 Å². The van der Waals surface area contributed by atoms with E-state index in [4.69, 9.17) is 5.73 Å². The lowest BCUT2D eigenvalue weighted by molar-refractivity contribution is -0.136. The summed E-state index contributed by atoms with van der Waals surface area (Å²) in [6, 6.07) is 5.72. The molecule has 3 atom stereocenters. The van der Waals surface area contributed by atoms with Gasteiger partial charge in [0.05, 0.1) is 0 Å². The Balaban J connectivity index is 1.49. The Morgan fingerprint density at radius 3 is 2.74 bits per heavy atom. The van der Waals surface area contributed by atoms with Crippen LogP contribution in [0, 0.1) is 0 Å². The Hall–Kier alpha value is -2.25. The van der Waals surface area contributed by atoms with E-state index in [1.54, 1.807) is 4.90 Å². The normalized spacial score (nSPS) is 28.3. The molecule has 2 fully saturated rings. The Morgan fingerprint density at radius 1 is 1.15 bits per heavy atom. The van der Waals surface area contributed by atoms with Gasteiger partial charge in [-0.2, -0.15) is 0 Å². The third kappa shape index (κ3) is 3.49. The van der Waals surface area contributed by atoms with Crippen molar-refractivity contribution in [2.24, 2.45) is 5.73 Å². The molecule has 7 heteroatoms. The number of imide groups is 1. The fourth-order valence-corrected chi connectivity index (χ4v) is 4.49. The summed E-state index contributed by atoms with van der Waals surface area (Å²) in [5, 5.41) is 5.87. The zero-order chi connectivity index (χ0) is 19.0. The molecule has 0 radical (unpaired) electrons. The molecule has 1 saturated heterocycles. The van der Waals surface area contributed by atoms with Gasteiger partial charge in [0.2, 0.25) is 11.8 Å². The highest BCUT2D eigenvalue weighted by molar-refractivity contribution is 6.05. The summed E-state index contributed by atoms with van der Waals surface area (Å²) in [5.41, 5.74) is 8.80. The van der Waals surface area contributed by atoms with Crippen LogP contribution in [-0.2, 0) is 22.7 Å². The summed E-state index contributed by atoms with van der Waals surface area (Å²) < 4.78 is 0. The molecular weight excluding hydrogens is 344 g/mol. The predicted molar refractivity (Wildman–Crippen MR) is 99.6 cm³/mol. The molecule has 4 rings (SSSR count). The van der Waals surface area contributed by atoms with Gasteiger partial charge in [0.1, 0.15) is 6.04 Å². The average molecular weight is 370 g/mol. The van der Waals surface area contributed by atoms with Crippen LogP contribution in [0.3, 0.4) is 0 Å². The first kappa shape index (κ1) is 18.1. The Morgan fingerprint density at radius 2 is 1.96 bits per heavy atom. The maximum atomic E-state index is 13.1. The maximum absolute atomic E-state index is 13.1. The minimum absolute atomic E-state index is 0.121. The summed E-state index contributed by atoms with van der Waals surface area (Å²) >= 11 is 0. The van der Waals surface area contributed by atoms with Crippen molar-refractivity contribution in [3.8, 4) is 0 Å². The fraction of sp³-hybridized carbons (Fsp3) is 0.550. The zero-order valence-corrected chi connectivity index (χ0v) is 15.4. The van der Waals surface area contributed by atoms with Crippen molar-refractivity contribution < 1.29 is 14.4 Å². The van der Waals surface area contributed by atoms with Gasteiger partial charge in [-0.15, -0.1) is 0 Å². The van der Waals surface area contributed by atoms with Crippen LogP contribution in [-0.4, -0.2) is 40.7 Å². The minimum atomic E-state index is -0.574. The summed E-state index contributed by atoms with van der Waals surface area (Å²) in [4.78, 5) is 38.3. The first-order valence-electron chi connectivity index (χ1n) is 9.79. The minimum Gasteiger partial charge on any atom is -0.326 e. The van der Waals surface area contributed by atoms with Crippen LogP contribution >= 0.6 is 0 Å². The molecule has 1 saturated carbocycles. The molecule has 0 bridgehead atoms. The van der Waals surface area contributed by atoms with E-state index in [0.29, 0.717) is 25.1 Å². The van der Waals surface area contributed by atoms with Crippen molar-refractivity contribution in [2.75, 3.05) is 0 Å². The van der Waals surface area contributed by atoms with Crippen LogP contribution in [0.25, 0.3) is 0 Å². The van der Waals surface area contributed by atoms with Crippen molar-refractivity contribution in [2.45, 2.75) is 69.7 Å². The lowest BCUT2D eigenvalue weighted by Gasteiger charge is -2.30. The average Bonchev–Trinajstić information content (AvgIpc) is 2.98. The molecule has 1 aromatic rings. The number of nitrogens with one attached hydrogen (secondary N) is 2. The molecule has 27 heavy (non-hydrogen) atoms. The number of hydrogen-bond acceptors (Lipinski definition) is 5. The molecule has 144 valence electrons. The Kier molecular flexibility index (Phi) is 4.97. The number of nitrogens with two attached hydrogens (primary N) is 1. The van der Waals surface area contributed by atoms with Gasteiger partial charge < -0.3 is 16.0 Å². The second-order valence-corrected chi connectivity index (χ2v) is 7.79. The number of fused-ring (bicyclic) bond motifs is 1. The predicted octanol–water partition coefficient (Wildman–Crippen LogP) is 0.807. The number of carbonyl (C=O) groups is 3. The second-order valence-electron chi connectivity index (χ2n) is 7.79. The third-order valence-corrected chi connectivity index (χ3v) is 6.01. The molecule has 1 unspecified atom stereocenters. The molecule has 0 spiro atoms. The first-order valence-corrected chi connectivity index (χ1v) is 9.79. The molecule has 3 aliphatic rings. The number of benzene rings is 1. The van der Waals surface area contributed by atoms with Gasteiger partial charge in [-0.05, 0) is 30.4 Å². The van der Waals surface area contributed by atoms with Crippen LogP contribution in [0.1, 0.15) is 60.0 Å². The number of rotatable bonds is 4. The topological polar surface area (TPSA) is 105 Å². The van der Waals surface area contributed by atoms with E-state index in [-0.39, 0.29) is 36.2 Å². The molecule has 2 aliphatic heterocycles. The van der Waals surface area contributed by atoms with E-state index >= 15 is 0 Å². The lowest BCUT2D eigenvalue weighted by atomic mass is 9.90. The highest BCUT2D eigenvalue weighted by Crippen LogP contribution is 2.30. The summed E-state index contributed by atoms with van der Waals surface area (Å²) in [6.45, 7) is 1.01. The molecule has 3 amide bonds. The molecule has 1 aliphatic carbocycles. The van der Waals surface area contributed by atoms with Gasteiger partial charge in [0, 0.05) is 37.2 Å². The largest absolute Gasteiger partial charge is 0.326 e. The molecule has 2 heterocycles. The quantitative estimate of drug-likeness (QED) is 0.680. The van der Waals surface area contributed by atoms with Crippen LogP contribution in [0.4, 0.5) is 0 Å². The second kappa shape index (κ2) is 7.40. The van der Waals surface area contributed by atoms with Crippen molar-refractivity contribution in [3.05, 3.63) is 34.9 Å². The van der Waals surface area contributed by atoms with Crippen LogP contribution in [0.15, 0.2) is 18.2 Å². The summed E-state index contributed by atoms with van der Waals surface area (Å²) in [7, 11) is 0. The SMILES string of the molecule is N[C@@H]1CCCC[C@@H]1NCc1cccc2c1C(=O)N(C1CCC(=O)NC1=O)C2. The monoisotopic (exact) mass is 370 g/mol. The van der Waals surface area contributed by atoms with Crippen LogP contribution < -0.4 is 16.4 Å². The highest BCUT2D eigenvalue weighted by Gasteiger charge is 2.40. The third-order valence-electron chi connectivity index (χ3n) is 6.01. The van der Waals surface area contributed by atoms with Gasteiger partial charge in [0.15, 0.2) is 0 Å². The summed E-state index contributed by atoms with van der Waals surface area (Å²) in [6.07, 6.45) is 5.11. The lowest BCUT2D eigenvalue weighted by Crippen LogP contribution is -2.52. The van der Waals surface area contributed by atoms with Crippen molar-refractivity contribution in [3.63, 3.8) is 0 Å². The Labute approximate surface area is 158 Å². The molecular formula is C20H26N4O3. The standard InChI is InChI=1S/C20H26N4O3/c21-14-6-1-2-7-15(14)22-10-12-4-3-5-13-11-24(20(27)18(12)13)16-8-9-17(25)23-19(16)26/h3-5,14-16,22H,1-2,6-11,21H2,(H,23,25,26)/t14-,15+,16?/m1/s1. The van der Waals surface area contributed by atoms with Crippen molar-refractivity contribution in [1.29, 1.82) is 0 Å². The highest BCUT2D eigenvalue weighted by atomic mass is 16.2. The number of nitrogens with zero attached hydrogens (tertiary/aromatic N) is 1. The fourth-order valence-electron chi connectivity index (χ4n) is 4.49. The molecule has 4 N–H and O–H groups in total. The van der Waals surface area contributed by atoms with Crippen molar-refractivity contribution in [1.82, 2.24) is 15.5 Å². The van der Waals surface area contributed by atoms with E-state index in [0.717, 1.165) is 24.0 Å². The van der Waals surface area contributed by atoms with E-state index in [9.17, 15) is 14.4 Å². The number of amides is 3. The summed E-state index contributed by atoms with van der Waals surface area (Å²) in [5.74, 6) is -0.765. The first-order chi connectivity index (χ1) is 13.0. The van der Waals surface area contributed by atoms with Gasteiger partial charge in [-0.3, -0.25) is 19.7 Å². The van der Waals surface area contributed by atoms with E-state index < -0.39 is 6.04 Å². The molecule has 0 aromatic heterocycles. The van der Waals surface area contributed by atoms with Gasteiger partial charge in [-0.1, -0.05) is 31.0 Å². The number of piperidine rings is 1. The number of carbonyl (C=O) groups excluding carboxylic acids is 3. The van der Waals surface area contributed by atoms with E-state index in [1.807, 2.05) is 18.2 Å². The van der Waals surface area contributed by atoms with E-state index in [2.05, 4.69) is 10.6 Å². The number of hydrogen-bond donors (Lipinski definition) is 3. The smallest absolute Gasteiger partial charge is 0.255 e. The van der Waals surface area contributed by atoms with Crippen LogP contribution in [0.2, 0.25) is 0 Å². The molecule has 7 nitrogen and oxygen atoms in total. The van der Waals surface area contributed by atoms with Gasteiger partial charge >= 0.3 is 0 Å². The Bertz CT molecular complexity index is 778. The zero-order valence-electron chi connectivity index (χ0n) is 15.4. The van der Waals surface area contributed by atoms with Gasteiger partial charge in [-0.25, -0.2) is 0 Å².